The van der Waals surface area contributed by atoms with Crippen LogP contribution >= 0.6 is 0 Å². The summed E-state index contributed by atoms with van der Waals surface area (Å²) < 4.78 is 34.9. The van der Waals surface area contributed by atoms with Gasteiger partial charge in [0.2, 0.25) is 11.8 Å². The van der Waals surface area contributed by atoms with E-state index in [0.717, 1.165) is 27.4 Å². The second kappa shape index (κ2) is 14.0. The van der Waals surface area contributed by atoms with Crippen molar-refractivity contribution in [3.8, 4) is 5.75 Å². The number of nitrogens with one attached hydrogen (secondary N) is 1. The quantitative estimate of drug-likeness (QED) is 0.320. The molecule has 0 bridgehead atoms. The Labute approximate surface area is 238 Å². The minimum atomic E-state index is -4.17. The molecule has 1 unspecified atom stereocenters. The average molecular weight is 566 g/mol. The van der Waals surface area contributed by atoms with E-state index in [0.29, 0.717) is 18.9 Å². The summed E-state index contributed by atoms with van der Waals surface area (Å²) in [6, 6.07) is 20.1. The number of ether oxygens (including phenoxy) is 1. The Balaban J connectivity index is 2.07. The lowest BCUT2D eigenvalue weighted by atomic mass is 10.1. The molecule has 2 amide bonds. The van der Waals surface area contributed by atoms with E-state index < -0.39 is 28.5 Å². The minimum Gasteiger partial charge on any atom is -0.492 e. The molecule has 9 heteroatoms. The van der Waals surface area contributed by atoms with Gasteiger partial charge in [-0.05, 0) is 63.9 Å². The monoisotopic (exact) mass is 565 g/mol. The summed E-state index contributed by atoms with van der Waals surface area (Å²) in [5.41, 5.74) is 3.01. The van der Waals surface area contributed by atoms with Gasteiger partial charge in [0.25, 0.3) is 10.0 Å². The highest BCUT2D eigenvalue weighted by molar-refractivity contribution is 7.92. The Morgan fingerprint density at radius 2 is 1.62 bits per heavy atom. The van der Waals surface area contributed by atoms with Gasteiger partial charge < -0.3 is 15.0 Å². The number of hydrogen-bond donors (Lipinski definition) is 1. The van der Waals surface area contributed by atoms with Crippen molar-refractivity contribution in [1.29, 1.82) is 0 Å². The Hall–Kier alpha value is -3.85. The molecule has 0 aliphatic carbocycles. The van der Waals surface area contributed by atoms with Gasteiger partial charge in [-0.3, -0.25) is 13.9 Å². The van der Waals surface area contributed by atoms with Crippen LogP contribution in [-0.2, 0) is 26.2 Å². The second-order valence-electron chi connectivity index (χ2n) is 9.70. The van der Waals surface area contributed by atoms with Gasteiger partial charge in [0, 0.05) is 13.1 Å². The summed E-state index contributed by atoms with van der Waals surface area (Å²) in [6.45, 7) is 9.66. The van der Waals surface area contributed by atoms with Crippen LogP contribution in [0.25, 0.3) is 0 Å². The molecule has 0 saturated heterocycles. The highest BCUT2D eigenvalue weighted by Crippen LogP contribution is 2.33. The van der Waals surface area contributed by atoms with Crippen molar-refractivity contribution >= 4 is 27.5 Å². The third-order valence-corrected chi connectivity index (χ3v) is 8.25. The van der Waals surface area contributed by atoms with E-state index >= 15 is 0 Å². The molecule has 0 fully saturated rings. The molecule has 1 atom stereocenters. The van der Waals surface area contributed by atoms with Gasteiger partial charge in [-0.25, -0.2) is 8.42 Å². The minimum absolute atomic E-state index is 0.0520. The van der Waals surface area contributed by atoms with Crippen LogP contribution in [0.4, 0.5) is 5.69 Å². The first kappa shape index (κ1) is 30.7. The Morgan fingerprint density at radius 1 is 0.925 bits per heavy atom. The predicted octanol–water partition coefficient (Wildman–Crippen LogP) is 4.84. The van der Waals surface area contributed by atoms with Gasteiger partial charge in [0.05, 0.1) is 17.2 Å². The van der Waals surface area contributed by atoms with Crippen LogP contribution in [0.15, 0.2) is 77.7 Å². The summed E-state index contributed by atoms with van der Waals surface area (Å²) >= 11 is 0. The molecular formula is C31H39N3O5S. The van der Waals surface area contributed by atoms with Crippen molar-refractivity contribution in [2.45, 2.75) is 58.5 Å². The molecular weight excluding hydrogens is 526 g/mol. The highest BCUT2D eigenvalue weighted by atomic mass is 32.2. The summed E-state index contributed by atoms with van der Waals surface area (Å²) in [5.74, 6) is -0.472. The number of aryl methyl sites for hydroxylation is 2. The zero-order chi connectivity index (χ0) is 29.3. The fourth-order valence-electron chi connectivity index (χ4n) is 4.28. The first-order valence-electron chi connectivity index (χ1n) is 13.5. The molecule has 214 valence electrons. The van der Waals surface area contributed by atoms with Crippen LogP contribution in [0.2, 0.25) is 0 Å². The summed E-state index contributed by atoms with van der Waals surface area (Å²) in [6.07, 6.45) is 0.751. The predicted molar refractivity (Wildman–Crippen MR) is 158 cm³/mol. The zero-order valence-corrected chi connectivity index (χ0v) is 24.7. The molecule has 0 aromatic heterocycles. The highest BCUT2D eigenvalue weighted by Gasteiger charge is 2.33. The third-order valence-electron chi connectivity index (χ3n) is 6.47. The van der Waals surface area contributed by atoms with Gasteiger partial charge in [-0.15, -0.1) is 0 Å². The standard InChI is InChI=1S/C31H39N3O5S/c1-6-19-32-31(36)25(5)33(21-26-12-10-11-24(4)20-26)30(35)22-34(28-13-8-9-14-29(28)39-7-2)40(37,38)27-17-15-23(3)16-18-27/h8-18,20,25H,6-7,19,21-22H2,1-5H3,(H,32,36). The largest absolute Gasteiger partial charge is 0.492 e. The maximum atomic E-state index is 14.0. The molecule has 0 heterocycles. The maximum absolute atomic E-state index is 14.0. The van der Waals surface area contributed by atoms with E-state index in [1.54, 1.807) is 50.2 Å². The normalized spacial score (nSPS) is 11.9. The molecule has 0 spiro atoms. The Bertz CT molecular complexity index is 1410. The molecule has 0 aliphatic rings. The van der Waals surface area contributed by atoms with Crippen molar-refractivity contribution in [2.75, 3.05) is 24.0 Å². The lowest BCUT2D eigenvalue weighted by Gasteiger charge is -2.32. The number of benzene rings is 3. The fourth-order valence-corrected chi connectivity index (χ4v) is 5.70. The smallest absolute Gasteiger partial charge is 0.264 e. The van der Waals surface area contributed by atoms with Gasteiger partial charge in [-0.2, -0.15) is 0 Å². The van der Waals surface area contributed by atoms with Crippen molar-refractivity contribution in [1.82, 2.24) is 10.2 Å². The van der Waals surface area contributed by atoms with E-state index in [2.05, 4.69) is 5.32 Å². The number of hydrogen-bond acceptors (Lipinski definition) is 5. The van der Waals surface area contributed by atoms with Gasteiger partial charge in [0.1, 0.15) is 18.3 Å². The molecule has 3 aromatic rings. The maximum Gasteiger partial charge on any atom is 0.264 e. The first-order chi connectivity index (χ1) is 19.1. The number of nitrogens with zero attached hydrogens (tertiary/aromatic N) is 2. The van der Waals surface area contributed by atoms with E-state index in [9.17, 15) is 18.0 Å². The molecule has 1 N–H and O–H groups in total. The topological polar surface area (TPSA) is 96.0 Å². The average Bonchev–Trinajstić information content (AvgIpc) is 2.93. The van der Waals surface area contributed by atoms with E-state index in [1.165, 1.54) is 17.0 Å². The van der Waals surface area contributed by atoms with Crippen molar-refractivity contribution < 1.29 is 22.7 Å². The van der Waals surface area contributed by atoms with Crippen molar-refractivity contribution in [2.24, 2.45) is 0 Å². The van der Waals surface area contributed by atoms with Gasteiger partial charge >= 0.3 is 0 Å². The van der Waals surface area contributed by atoms with E-state index in [1.807, 2.05) is 45.0 Å². The molecule has 0 aliphatic heterocycles. The van der Waals surface area contributed by atoms with Crippen LogP contribution in [-0.4, -0.2) is 50.9 Å². The first-order valence-corrected chi connectivity index (χ1v) is 15.0. The Morgan fingerprint density at radius 3 is 2.27 bits per heavy atom. The van der Waals surface area contributed by atoms with Crippen molar-refractivity contribution in [3.63, 3.8) is 0 Å². The summed E-state index contributed by atoms with van der Waals surface area (Å²) in [5, 5.41) is 2.85. The van der Waals surface area contributed by atoms with Crippen LogP contribution in [0.3, 0.4) is 0 Å². The van der Waals surface area contributed by atoms with Crippen molar-refractivity contribution in [3.05, 3.63) is 89.5 Å². The number of carbonyl (C=O) groups excluding carboxylic acids is 2. The van der Waals surface area contributed by atoms with Crippen LogP contribution in [0.1, 0.15) is 43.9 Å². The van der Waals surface area contributed by atoms with Gasteiger partial charge in [0.15, 0.2) is 0 Å². The number of rotatable bonds is 13. The number of sulfonamides is 1. The summed E-state index contributed by atoms with van der Waals surface area (Å²) in [7, 11) is -4.17. The van der Waals surface area contributed by atoms with Crippen LogP contribution < -0.4 is 14.4 Å². The molecule has 0 saturated carbocycles. The number of carbonyl (C=O) groups is 2. The molecule has 3 rings (SSSR count). The molecule has 0 radical (unpaired) electrons. The number of anilines is 1. The van der Waals surface area contributed by atoms with Crippen LogP contribution in [0, 0.1) is 13.8 Å². The molecule has 3 aromatic carbocycles. The SMILES string of the molecule is CCCNC(=O)C(C)N(Cc1cccc(C)c1)C(=O)CN(c1ccccc1OCC)S(=O)(=O)c1ccc(C)cc1. The lowest BCUT2D eigenvalue weighted by molar-refractivity contribution is -0.139. The van der Waals surface area contributed by atoms with Gasteiger partial charge in [-0.1, -0.05) is 66.6 Å². The zero-order valence-electron chi connectivity index (χ0n) is 23.9. The fraction of sp³-hybridized carbons (Fsp3) is 0.355. The summed E-state index contributed by atoms with van der Waals surface area (Å²) in [4.78, 5) is 28.5. The lowest BCUT2D eigenvalue weighted by Crippen LogP contribution is -2.51. The molecule has 8 nitrogen and oxygen atoms in total. The molecule has 40 heavy (non-hydrogen) atoms. The number of para-hydroxylation sites is 2. The number of amides is 2. The third kappa shape index (κ3) is 7.63. The second-order valence-corrected chi connectivity index (χ2v) is 11.6. The van der Waals surface area contributed by atoms with E-state index in [4.69, 9.17) is 4.74 Å². The Kier molecular flexibility index (Phi) is 10.7. The van der Waals surface area contributed by atoms with Crippen LogP contribution in [0.5, 0.6) is 5.75 Å². The van der Waals surface area contributed by atoms with E-state index in [-0.39, 0.29) is 23.0 Å².